The van der Waals surface area contributed by atoms with Crippen LogP contribution in [0.2, 0.25) is 0 Å². The molecule has 0 saturated carbocycles. The van der Waals surface area contributed by atoms with E-state index >= 15 is 0 Å². The lowest BCUT2D eigenvalue weighted by molar-refractivity contribution is 0.0968. The largest absolute Gasteiger partial charge is 0.494 e. The monoisotopic (exact) mass is 444 g/mol. The molecule has 1 fully saturated rings. The minimum absolute atomic E-state index is 0.238. The van der Waals surface area contributed by atoms with Crippen molar-refractivity contribution in [1.82, 2.24) is 4.57 Å². The second-order valence-corrected chi connectivity index (χ2v) is 8.20. The molecule has 0 bridgehead atoms. The minimum Gasteiger partial charge on any atom is -0.494 e. The zero-order valence-corrected chi connectivity index (χ0v) is 17.5. The predicted octanol–water partition coefficient (Wildman–Crippen LogP) is 5.40. The van der Waals surface area contributed by atoms with Crippen molar-refractivity contribution in [3.05, 3.63) is 63.2 Å². The number of nitrogens with zero attached hydrogens (tertiary/aromatic N) is 2. The summed E-state index contributed by atoms with van der Waals surface area (Å²) in [6, 6.07) is 16.2. The number of hydrogen-bond donors (Lipinski definition) is 0. The van der Waals surface area contributed by atoms with Gasteiger partial charge in [0.1, 0.15) is 11.4 Å². The van der Waals surface area contributed by atoms with Gasteiger partial charge in [0.15, 0.2) is 4.80 Å². The van der Waals surface area contributed by atoms with Crippen LogP contribution in [0.5, 0.6) is 5.75 Å². The minimum atomic E-state index is 0.238. The van der Waals surface area contributed by atoms with Gasteiger partial charge < -0.3 is 14.0 Å². The molecular formula is C21H21BrN2O2S. The average Bonchev–Trinajstić information content (AvgIpc) is 3.33. The first-order chi connectivity index (χ1) is 13.2. The molecule has 0 radical (unpaired) electrons. The van der Waals surface area contributed by atoms with Crippen molar-refractivity contribution in [2.75, 3.05) is 13.7 Å². The van der Waals surface area contributed by atoms with Crippen LogP contribution in [0.3, 0.4) is 0 Å². The molecule has 0 aliphatic carbocycles. The van der Waals surface area contributed by atoms with Gasteiger partial charge in [-0.05, 0) is 37.1 Å². The highest BCUT2D eigenvalue weighted by atomic mass is 79.9. The lowest BCUT2D eigenvalue weighted by Crippen LogP contribution is -2.24. The first kappa shape index (κ1) is 18.5. The van der Waals surface area contributed by atoms with Gasteiger partial charge in [0, 0.05) is 22.0 Å². The maximum atomic E-state index is 5.90. The number of para-hydroxylation sites is 2. The Labute approximate surface area is 171 Å². The normalized spacial score (nSPS) is 17.4. The fourth-order valence-electron chi connectivity index (χ4n) is 3.29. The molecule has 1 aromatic heterocycles. The highest BCUT2D eigenvalue weighted by Crippen LogP contribution is 2.28. The standard InChI is InChI=1S/C21H21BrN2O2S/c1-25-20-10-3-2-9-18(20)23-21-24(13-17-8-5-11-26-17)19(14-27-21)15-6-4-7-16(22)12-15/h2-4,6-7,9-10,12,14,17H,5,8,11,13H2,1H3. The molecule has 4 rings (SSSR count). The van der Waals surface area contributed by atoms with Gasteiger partial charge in [0.05, 0.1) is 25.5 Å². The maximum absolute atomic E-state index is 5.90. The molecule has 1 unspecified atom stereocenters. The molecule has 1 aliphatic heterocycles. The summed E-state index contributed by atoms with van der Waals surface area (Å²) >= 11 is 5.23. The second-order valence-electron chi connectivity index (χ2n) is 6.44. The molecule has 4 nitrogen and oxygen atoms in total. The van der Waals surface area contributed by atoms with Gasteiger partial charge in [-0.1, -0.05) is 40.2 Å². The fraction of sp³-hybridized carbons (Fsp3) is 0.286. The van der Waals surface area contributed by atoms with Crippen molar-refractivity contribution in [3.8, 4) is 17.0 Å². The topological polar surface area (TPSA) is 35.8 Å². The van der Waals surface area contributed by atoms with Gasteiger partial charge in [-0.15, -0.1) is 11.3 Å². The van der Waals surface area contributed by atoms with Crippen molar-refractivity contribution in [1.29, 1.82) is 0 Å². The van der Waals surface area contributed by atoms with E-state index in [2.05, 4.69) is 44.1 Å². The maximum Gasteiger partial charge on any atom is 0.190 e. The van der Waals surface area contributed by atoms with Crippen LogP contribution in [-0.4, -0.2) is 24.4 Å². The zero-order chi connectivity index (χ0) is 18.6. The van der Waals surface area contributed by atoms with Crippen molar-refractivity contribution < 1.29 is 9.47 Å². The zero-order valence-electron chi connectivity index (χ0n) is 15.1. The SMILES string of the molecule is COc1ccccc1N=c1scc(-c2cccc(Br)c2)n1CC1CCCO1. The first-order valence-electron chi connectivity index (χ1n) is 8.98. The summed E-state index contributed by atoms with van der Waals surface area (Å²) in [5.41, 5.74) is 3.16. The number of ether oxygens (including phenoxy) is 2. The summed E-state index contributed by atoms with van der Waals surface area (Å²) in [5, 5.41) is 2.17. The van der Waals surface area contributed by atoms with Crippen LogP contribution in [0.1, 0.15) is 12.8 Å². The Morgan fingerprint density at radius 3 is 2.93 bits per heavy atom. The summed E-state index contributed by atoms with van der Waals surface area (Å²) in [5.74, 6) is 0.776. The number of thiazole rings is 1. The molecule has 1 saturated heterocycles. The Hall–Kier alpha value is -1.89. The van der Waals surface area contributed by atoms with Crippen molar-refractivity contribution in [3.63, 3.8) is 0 Å². The number of halogens is 1. The Morgan fingerprint density at radius 2 is 2.15 bits per heavy atom. The molecule has 0 spiro atoms. The molecule has 0 N–H and O–H groups in total. The van der Waals surface area contributed by atoms with Crippen molar-refractivity contribution >= 4 is 33.0 Å². The molecule has 27 heavy (non-hydrogen) atoms. The summed E-state index contributed by atoms with van der Waals surface area (Å²) in [6.07, 6.45) is 2.46. The van der Waals surface area contributed by atoms with Gasteiger partial charge in [0.25, 0.3) is 0 Å². The summed E-state index contributed by atoms with van der Waals surface area (Å²) in [4.78, 5) is 5.86. The number of benzene rings is 2. The molecule has 3 aromatic rings. The van der Waals surface area contributed by atoms with E-state index in [0.717, 1.165) is 52.4 Å². The van der Waals surface area contributed by atoms with Crippen LogP contribution >= 0.6 is 27.3 Å². The number of aromatic nitrogens is 1. The third-order valence-electron chi connectivity index (χ3n) is 4.63. The smallest absolute Gasteiger partial charge is 0.190 e. The van der Waals surface area contributed by atoms with Gasteiger partial charge in [-0.25, -0.2) is 4.99 Å². The molecule has 2 heterocycles. The molecule has 1 atom stereocenters. The highest BCUT2D eigenvalue weighted by molar-refractivity contribution is 9.10. The van der Waals surface area contributed by atoms with Crippen molar-refractivity contribution in [2.24, 2.45) is 4.99 Å². The van der Waals surface area contributed by atoms with E-state index in [0.29, 0.717) is 0 Å². The van der Waals surface area contributed by atoms with E-state index in [9.17, 15) is 0 Å². The van der Waals surface area contributed by atoms with Gasteiger partial charge >= 0.3 is 0 Å². The van der Waals surface area contributed by atoms with Gasteiger partial charge in [-0.2, -0.15) is 0 Å². The second kappa shape index (κ2) is 8.42. The fourth-order valence-corrected chi connectivity index (χ4v) is 4.62. The molecule has 6 heteroatoms. The Bertz CT molecular complexity index is 990. The lowest BCUT2D eigenvalue weighted by atomic mass is 10.1. The average molecular weight is 445 g/mol. The summed E-state index contributed by atoms with van der Waals surface area (Å²) in [6.45, 7) is 1.65. The molecule has 1 aliphatic rings. The Morgan fingerprint density at radius 1 is 1.26 bits per heavy atom. The Kier molecular flexibility index (Phi) is 5.76. The van der Waals surface area contributed by atoms with Gasteiger partial charge in [-0.3, -0.25) is 0 Å². The van der Waals surface area contributed by atoms with Crippen LogP contribution in [0.4, 0.5) is 5.69 Å². The van der Waals surface area contributed by atoms with E-state index in [1.54, 1.807) is 18.4 Å². The van der Waals surface area contributed by atoms with Crippen LogP contribution in [0.15, 0.2) is 63.4 Å². The highest BCUT2D eigenvalue weighted by Gasteiger charge is 2.19. The Balaban J connectivity index is 1.82. The third kappa shape index (κ3) is 4.18. The summed E-state index contributed by atoms with van der Waals surface area (Å²) in [7, 11) is 1.68. The van der Waals surface area contributed by atoms with E-state index in [4.69, 9.17) is 14.5 Å². The van der Waals surface area contributed by atoms with E-state index in [-0.39, 0.29) is 6.10 Å². The molecule has 0 amide bonds. The molecule has 140 valence electrons. The number of rotatable bonds is 5. The number of methoxy groups -OCH3 is 1. The summed E-state index contributed by atoms with van der Waals surface area (Å²) < 4.78 is 14.7. The van der Waals surface area contributed by atoms with Crippen LogP contribution in [0.25, 0.3) is 11.3 Å². The van der Waals surface area contributed by atoms with Gasteiger partial charge in [0.2, 0.25) is 0 Å². The van der Waals surface area contributed by atoms with E-state index in [1.807, 2.05) is 30.3 Å². The van der Waals surface area contributed by atoms with E-state index in [1.165, 1.54) is 5.56 Å². The van der Waals surface area contributed by atoms with Crippen LogP contribution < -0.4 is 9.54 Å². The lowest BCUT2D eigenvalue weighted by Gasteiger charge is -2.14. The van der Waals surface area contributed by atoms with Crippen LogP contribution in [-0.2, 0) is 11.3 Å². The van der Waals surface area contributed by atoms with E-state index < -0.39 is 0 Å². The molecular weight excluding hydrogens is 424 g/mol. The quantitative estimate of drug-likeness (QED) is 0.527. The first-order valence-corrected chi connectivity index (χ1v) is 10.7. The number of hydrogen-bond acceptors (Lipinski definition) is 4. The van der Waals surface area contributed by atoms with Crippen molar-refractivity contribution in [2.45, 2.75) is 25.5 Å². The third-order valence-corrected chi connectivity index (χ3v) is 5.99. The molecule has 2 aromatic carbocycles. The predicted molar refractivity (Wildman–Crippen MR) is 113 cm³/mol. The van der Waals surface area contributed by atoms with Crippen LogP contribution in [0, 0.1) is 0 Å².